The minimum absolute atomic E-state index is 0.248. The molecule has 0 saturated carbocycles. The summed E-state index contributed by atoms with van der Waals surface area (Å²) in [5.74, 6) is 0.248. The third-order valence-corrected chi connectivity index (χ3v) is 3.85. The van der Waals surface area contributed by atoms with E-state index in [0.29, 0.717) is 18.6 Å². The summed E-state index contributed by atoms with van der Waals surface area (Å²) < 4.78 is 0. The van der Waals surface area contributed by atoms with Crippen molar-refractivity contribution in [2.45, 2.75) is 45.2 Å². The highest BCUT2D eigenvalue weighted by molar-refractivity contribution is 5.97. The normalized spacial score (nSPS) is 25.1. The molecule has 1 aliphatic rings. The summed E-state index contributed by atoms with van der Waals surface area (Å²) in [5, 5.41) is 0. The number of hydrogen-bond donors (Lipinski definition) is 0. The molecule has 1 fully saturated rings. The molecule has 1 aliphatic heterocycles. The number of ketones is 1. The first-order chi connectivity index (χ1) is 8.22. The van der Waals surface area contributed by atoms with Crippen LogP contribution in [0.15, 0.2) is 30.3 Å². The molecule has 2 atom stereocenters. The number of benzene rings is 1. The van der Waals surface area contributed by atoms with Crippen molar-refractivity contribution in [1.82, 2.24) is 4.90 Å². The quantitative estimate of drug-likeness (QED) is 0.742. The zero-order valence-corrected chi connectivity index (χ0v) is 10.7. The Hall–Kier alpha value is -1.15. The molecule has 2 unspecified atom stereocenters. The molecule has 1 aromatic carbocycles. The topological polar surface area (TPSA) is 20.3 Å². The van der Waals surface area contributed by atoms with Gasteiger partial charge in [0.1, 0.15) is 0 Å². The highest BCUT2D eigenvalue weighted by Gasteiger charge is 2.30. The van der Waals surface area contributed by atoms with Crippen LogP contribution in [0.4, 0.5) is 0 Å². The van der Waals surface area contributed by atoms with Gasteiger partial charge in [-0.3, -0.25) is 9.69 Å². The maximum Gasteiger partial charge on any atom is 0.176 e. The van der Waals surface area contributed by atoms with Crippen LogP contribution in [0.1, 0.15) is 43.5 Å². The number of carbonyl (C=O) groups excluding carboxylic acids is 1. The van der Waals surface area contributed by atoms with Gasteiger partial charge in [0.25, 0.3) is 0 Å². The van der Waals surface area contributed by atoms with Gasteiger partial charge in [-0.2, -0.15) is 0 Å². The molecule has 2 heteroatoms. The zero-order chi connectivity index (χ0) is 12.3. The number of likely N-dealkylation sites (tertiary alicyclic amines) is 1. The Labute approximate surface area is 104 Å². The summed E-state index contributed by atoms with van der Waals surface area (Å²) in [6.45, 7) is 5.01. The summed E-state index contributed by atoms with van der Waals surface area (Å²) >= 11 is 0. The third-order valence-electron chi connectivity index (χ3n) is 3.85. The van der Waals surface area contributed by atoms with Crippen molar-refractivity contribution in [2.75, 3.05) is 6.54 Å². The molecule has 0 amide bonds. The van der Waals surface area contributed by atoms with Crippen molar-refractivity contribution in [3.05, 3.63) is 35.9 Å². The first-order valence-corrected chi connectivity index (χ1v) is 6.56. The lowest BCUT2D eigenvalue weighted by Gasteiger charge is -2.26. The summed E-state index contributed by atoms with van der Waals surface area (Å²) in [7, 11) is 0. The molecule has 1 heterocycles. The van der Waals surface area contributed by atoms with Gasteiger partial charge < -0.3 is 0 Å². The first kappa shape index (κ1) is 12.3. The highest BCUT2D eigenvalue weighted by Crippen LogP contribution is 2.25. The minimum Gasteiger partial charge on any atom is -0.293 e. The predicted octanol–water partition coefficient (Wildman–Crippen LogP) is 3.13. The van der Waals surface area contributed by atoms with Gasteiger partial charge in [0.05, 0.1) is 6.54 Å². The fourth-order valence-corrected chi connectivity index (χ4v) is 2.73. The summed E-state index contributed by atoms with van der Waals surface area (Å²) in [6, 6.07) is 10.8. The molecule has 2 nitrogen and oxygen atoms in total. The average Bonchev–Trinajstić information content (AvgIpc) is 2.71. The van der Waals surface area contributed by atoms with Crippen molar-refractivity contribution >= 4 is 5.78 Å². The molecule has 1 aromatic rings. The van der Waals surface area contributed by atoms with Crippen molar-refractivity contribution < 1.29 is 4.79 Å². The van der Waals surface area contributed by atoms with E-state index in [1.807, 2.05) is 30.3 Å². The number of Topliss-reactive ketones (excluding diaryl/α,β-unsaturated/α-hetero) is 1. The van der Waals surface area contributed by atoms with Crippen LogP contribution in [-0.2, 0) is 0 Å². The first-order valence-electron chi connectivity index (χ1n) is 6.56. The lowest BCUT2D eigenvalue weighted by atomic mass is 10.1. The lowest BCUT2D eigenvalue weighted by Crippen LogP contribution is -2.38. The van der Waals surface area contributed by atoms with E-state index in [1.165, 1.54) is 12.8 Å². The zero-order valence-electron chi connectivity index (χ0n) is 10.7. The van der Waals surface area contributed by atoms with Crippen molar-refractivity contribution in [3.8, 4) is 0 Å². The molecule has 0 bridgehead atoms. The van der Waals surface area contributed by atoms with Crippen LogP contribution in [0.2, 0.25) is 0 Å². The predicted molar refractivity (Wildman–Crippen MR) is 70.3 cm³/mol. The van der Waals surface area contributed by atoms with E-state index >= 15 is 0 Å². The molecule has 17 heavy (non-hydrogen) atoms. The van der Waals surface area contributed by atoms with Gasteiger partial charge in [0.15, 0.2) is 5.78 Å². The number of carbonyl (C=O) groups is 1. The van der Waals surface area contributed by atoms with E-state index in [-0.39, 0.29) is 5.78 Å². The van der Waals surface area contributed by atoms with E-state index in [9.17, 15) is 4.79 Å². The SMILES string of the molecule is CCC1CCC(C)N1CC(=O)c1ccccc1. The van der Waals surface area contributed by atoms with Gasteiger partial charge in [-0.25, -0.2) is 0 Å². The van der Waals surface area contributed by atoms with Crippen molar-refractivity contribution in [2.24, 2.45) is 0 Å². The Morgan fingerprint density at radius 2 is 2.00 bits per heavy atom. The number of nitrogens with zero attached hydrogens (tertiary/aromatic N) is 1. The lowest BCUT2D eigenvalue weighted by molar-refractivity contribution is 0.0889. The Bertz CT molecular complexity index is 374. The molecule has 0 N–H and O–H groups in total. The summed E-state index contributed by atoms with van der Waals surface area (Å²) in [6.07, 6.45) is 3.60. The maximum atomic E-state index is 12.2. The van der Waals surface area contributed by atoms with E-state index in [0.717, 1.165) is 12.0 Å². The van der Waals surface area contributed by atoms with Crippen LogP contribution in [-0.4, -0.2) is 29.3 Å². The van der Waals surface area contributed by atoms with E-state index in [1.54, 1.807) is 0 Å². The molecule has 0 spiro atoms. The van der Waals surface area contributed by atoms with Crippen LogP contribution in [0.3, 0.4) is 0 Å². The average molecular weight is 231 g/mol. The minimum atomic E-state index is 0.248. The van der Waals surface area contributed by atoms with Gasteiger partial charge >= 0.3 is 0 Å². The molecular weight excluding hydrogens is 210 g/mol. The van der Waals surface area contributed by atoms with Crippen molar-refractivity contribution in [3.63, 3.8) is 0 Å². The smallest absolute Gasteiger partial charge is 0.176 e. The third kappa shape index (κ3) is 2.75. The maximum absolute atomic E-state index is 12.2. The highest BCUT2D eigenvalue weighted by atomic mass is 16.1. The van der Waals surface area contributed by atoms with Crippen LogP contribution < -0.4 is 0 Å². The second-order valence-corrected chi connectivity index (χ2v) is 4.95. The van der Waals surface area contributed by atoms with Gasteiger partial charge in [-0.15, -0.1) is 0 Å². The standard InChI is InChI=1S/C15H21NO/c1-3-14-10-9-12(2)16(14)11-15(17)13-7-5-4-6-8-13/h4-8,12,14H,3,9-11H2,1-2H3. The van der Waals surface area contributed by atoms with Crippen LogP contribution in [0.5, 0.6) is 0 Å². The monoisotopic (exact) mass is 231 g/mol. The second kappa shape index (κ2) is 5.46. The number of rotatable bonds is 4. The van der Waals surface area contributed by atoms with Crippen LogP contribution in [0.25, 0.3) is 0 Å². The molecule has 0 aromatic heterocycles. The van der Waals surface area contributed by atoms with Crippen LogP contribution >= 0.6 is 0 Å². The van der Waals surface area contributed by atoms with E-state index < -0.39 is 0 Å². The van der Waals surface area contributed by atoms with Gasteiger partial charge in [0.2, 0.25) is 0 Å². The molecule has 2 rings (SSSR count). The Balaban J connectivity index is 2.03. The number of hydrogen-bond acceptors (Lipinski definition) is 2. The molecule has 92 valence electrons. The summed E-state index contributed by atoms with van der Waals surface area (Å²) in [5.41, 5.74) is 0.835. The Kier molecular flexibility index (Phi) is 3.95. The molecule has 0 aliphatic carbocycles. The fraction of sp³-hybridized carbons (Fsp3) is 0.533. The molecule has 1 saturated heterocycles. The van der Waals surface area contributed by atoms with Gasteiger partial charge in [0, 0.05) is 17.6 Å². The fourth-order valence-electron chi connectivity index (χ4n) is 2.73. The van der Waals surface area contributed by atoms with Gasteiger partial charge in [-0.1, -0.05) is 37.3 Å². The summed E-state index contributed by atoms with van der Waals surface area (Å²) in [4.78, 5) is 14.5. The second-order valence-electron chi connectivity index (χ2n) is 4.95. The van der Waals surface area contributed by atoms with E-state index in [4.69, 9.17) is 0 Å². The van der Waals surface area contributed by atoms with Crippen molar-refractivity contribution in [1.29, 1.82) is 0 Å². The van der Waals surface area contributed by atoms with Gasteiger partial charge in [-0.05, 0) is 26.2 Å². The Morgan fingerprint density at radius 3 is 2.65 bits per heavy atom. The Morgan fingerprint density at radius 1 is 1.29 bits per heavy atom. The molecule has 0 radical (unpaired) electrons. The van der Waals surface area contributed by atoms with Crippen LogP contribution in [0, 0.1) is 0 Å². The van der Waals surface area contributed by atoms with E-state index in [2.05, 4.69) is 18.7 Å². The largest absolute Gasteiger partial charge is 0.293 e. The molecular formula is C15H21NO.